The number of nitrogens with two attached hydrogens (primary N) is 1. The van der Waals surface area contributed by atoms with Crippen LogP contribution in [0.5, 0.6) is 0 Å². The van der Waals surface area contributed by atoms with Crippen LogP contribution in [0, 0.1) is 16.0 Å². The number of nitro groups is 1. The molecule has 2 rings (SSSR count). The molecule has 1 fully saturated rings. The maximum Gasteiger partial charge on any atom is 0.316 e. The summed E-state index contributed by atoms with van der Waals surface area (Å²) in [6.45, 7) is 0.686. The molecule has 0 unspecified atom stereocenters. The van der Waals surface area contributed by atoms with Gasteiger partial charge < -0.3 is 15.4 Å². The average Bonchev–Trinajstić information content (AvgIpc) is 2.35. The normalized spacial score (nSPS) is 21.6. The Balaban J connectivity index is 2.20. The van der Waals surface area contributed by atoms with Crippen LogP contribution in [-0.4, -0.2) is 29.7 Å². The minimum Gasteiger partial charge on any atom is -0.393 e. The van der Waals surface area contributed by atoms with Crippen LogP contribution in [-0.2, 0) is 0 Å². The lowest BCUT2D eigenvalue weighted by Crippen LogP contribution is -2.37. The molecule has 7 nitrogen and oxygen atoms in total. The van der Waals surface area contributed by atoms with Crippen molar-refractivity contribution >= 4 is 17.1 Å². The predicted octanol–water partition coefficient (Wildman–Crippen LogP) is 1.09. The predicted molar refractivity (Wildman–Crippen MR) is 72.9 cm³/mol. The number of anilines is 2. The van der Waals surface area contributed by atoms with E-state index in [2.05, 4.69) is 5.43 Å². The van der Waals surface area contributed by atoms with Crippen LogP contribution >= 0.6 is 0 Å². The van der Waals surface area contributed by atoms with Crippen LogP contribution in [0.1, 0.15) is 12.8 Å². The molecule has 0 radical (unpaired) electrons. The summed E-state index contributed by atoms with van der Waals surface area (Å²) >= 11 is 0. The maximum absolute atomic E-state index is 11.2. The van der Waals surface area contributed by atoms with Gasteiger partial charge in [0.05, 0.1) is 11.0 Å². The van der Waals surface area contributed by atoms with E-state index in [9.17, 15) is 15.2 Å². The summed E-state index contributed by atoms with van der Waals surface area (Å²) in [5, 5.41) is 20.4. The second kappa shape index (κ2) is 5.41. The summed E-state index contributed by atoms with van der Waals surface area (Å²) in [6.07, 6.45) is 1.30. The van der Waals surface area contributed by atoms with Crippen LogP contribution in [0.15, 0.2) is 18.2 Å². The Bertz CT molecular complexity index is 474. The molecule has 0 aromatic heterocycles. The first-order valence-corrected chi connectivity index (χ1v) is 6.16. The van der Waals surface area contributed by atoms with Crippen molar-refractivity contribution in [3.8, 4) is 0 Å². The number of hydrogen-bond acceptors (Lipinski definition) is 6. The van der Waals surface area contributed by atoms with Gasteiger partial charge in [-0.2, -0.15) is 0 Å². The summed E-state index contributed by atoms with van der Waals surface area (Å²) < 4.78 is 0. The average molecular weight is 266 g/mol. The lowest BCUT2D eigenvalue weighted by Gasteiger charge is -2.35. The zero-order valence-electron chi connectivity index (χ0n) is 10.7. The fraction of sp³-hybridized carbons (Fsp3) is 0.500. The van der Waals surface area contributed by atoms with Gasteiger partial charge in [-0.3, -0.25) is 16.0 Å². The van der Waals surface area contributed by atoms with E-state index in [1.807, 2.05) is 11.9 Å². The Morgan fingerprint density at radius 2 is 2.26 bits per heavy atom. The largest absolute Gasteiger partial charge is 0.393 e. The number of para-hydroxylation sites is 1. The van der Waals surface area contributed by atoms with Gasteiger partial charge in [-0.1, -0.05) is 6.07 Å². The number of hydrogen-bond donors (Lipinski definition) is 3. The highest BCUT2D eigenvalue weighted by atomic mass is 16.6. The second-order valence-corrected chi connectivity index (χ2v) is 4.95. The van der Waals surface area contributed by atoms with E-state index in [1.54, 1.807) is 18.2 Å². The number of aliphatic hydroxyl groups is 1. The summed E-state index contributed by atoms with van der Waals surface area (Å²) in [7, 11) is 1.81. The van der Waals surface area contributed by atoms with E-state index in [0.29, 0.717) is 23.8 Å². The quantitative estimate of drug-likeness (QED) is 0.418. The van der Waals surface area contributed by atoms with Gasteiger partial charge in [0.25, 0.3) is 0 Å². The number of hydrazine groups is 1. The third-order valence-electron chi connectivity index (χ3n) is 3.51. The van der Waals surface area contributed by atoms with Gasteiger partial charge in [-0.05, 0) is 30.9 Å². The summed E-state index contributed by atoms with van der Waals surface area (Å²) in [5.41, 5.74) is 3.16. The standard InChI is InChI=1S/C12H18N4O3/c1-15(7-8-5-9(17)6-8)11-4-2-3-10(14-13)12(11)16(18)19/h2-4,8-9,14,17H,5-7,13H2,1H3. The second-order valence-electron chi connectivity index (χ2n) is 4.95. The molecular formula is C12H18N4O3. The molecule has 104 valence electrons. The summed E-state index contributed by atoms with van der Waals surface area (Å²) in [4.78, 5) is 12.6. The number of nitrogens with one attached hydrogen (secondary N) is 1. The minimum absolute atomic E-state index is 0.0210. The molecule has 19 heavy (non-hydrogen) atoms. The van der Waals surface area contributed by atoms with E-state index in [0.717, 1.165) is 12.8 Å². The van der Waals surface area contributed by atoms with Gasteiger partial charge in [-0.15, -0.1) is 0 Å². The molecule has 0 atom stereocenters. The number of nitrogen functional groups attached to an aromatic ring is 1. The Hall–Kier alpha value is -1.86. The zero-order chi connectivity index (χ0) is 14.0. The minimum atomic E-state index is -0.434. The lowest BCUT2D eigenvalue weighted by atomic mass is 9.82. The van der Waals surface area contributed by atoms with Crippen molar-refractivity contribution in [3.63, 3.8) is 0 Å². The first-order chi connectivity index (χ1) is 9.02. The van der Waals surface area contributed by atoms with Gasteiger partial charge in [0.15, 0.2) is 0 Å². The van der Waals surface area contributed by atoms with Crippen molar-refractivity contribution in [1.29, 1.82) is 0 Å². The smallest absolute Gasteiger partial charge is 0.316 e. The maximum atomic E-state index is 11.2. The van der Waals surface area contributed by atoms with Crippen molar-refractivity contribution in [3.05, 3.63) is 28.3 Å². The van der Waals surface area contributed by atoms with Gasteiger partial charge in [0.1, 0.15) is 11.4 Å². The van der Waals surface area contributed by atoms with Crippen molar-refractivity contribution in [2.45, 2.75) is 18.9 Å². The van der Waals surface area contributed by atoms with Gasteiger partial charge >= 0.3 is 5.69 Å². The fourth-order valence-corrected chi connectivity index (χ4v) is 2.48. The van der Waals surface area contributed by atoms with Crippen LogP contribution in [0.2, 0.25) is 0 Å². The summed E-state index contributed by atoms with van der Waals surface area (Å²) in [6, 6.07) is 5.00. The highest BCUT2D eigenvalue weighted by Gasteiger charge is 2.30. The molecule has 1 aliphatic carbocycles. The van der Waals surface area contributed by atoms with Crippen LogP contribution in [0.3, 0.4) is 0 Å². The fourth-order valence-electron chi connectivity index (χ4n) is 2.48. The van der Waals surface area contributed by atoms with Crippen molar-refractivity contribution in [1.82, 2.24) is 0 Å². The van der Waals surface area contributed by atoms with Crippen LogP contribution in [0.25, 0.3) is 0 Å². The third kappa shape index (κ3) is 2.77. The highest BCUT2D eigenvalue weighted by molar-refractivity contribution is 5.76. The molecular weight excluding hydrogens is 248 g/mol. The molecule has 0 amide bonds. The van der Waals surface area contributed by atoms with E-state index < -0.39 is 4.92 Å². The number of rotatable bonds is 5. The molecule has 1 aromatic carbocycles. The van der Waals surface area contributed by atoms with Crippen LogP contribution in [0.4, 0.5) is 17.1 Å². The molecule has 0 saturated heterocycles. The van der Waals surface area contributed by atoms with Crippen molar-refractivity contribution in [2.24, 2.45) is 11.8 Å². The molecule has 1 aromatic rings. The van der Waals surface area contributed by atoms with Gasteiger partial charge in [0.2, 0.25) is 0 Å². The number of aliphatic hydroxyl groups excluding tert-OH is 1. The molecule has 1 aliphatic rings. The number of nitro benzene ring substituents is 1. The number of nitrogens with zero attached hydrogens (tertiary/aromatic N) is 2. The number of benzene rings is 1. The van der Waals surface area contributed by atoms with E-state index in [1.165, 1.54) is 0 Å². The Morgan fingerprint density at radius 3 is 2.79 bits per heavy atom. The highest BCUT2D eigenvalue weighted by Crippen LogP contribution is 2.36. The van der Waals surface area contributed by atoms with Gasteiger partial charge in [0, 0.05) is 13.6 Å². The molecule has 0 heterocycles. The van der Waals surface area contributed by atoms with Crippen molar-refractivity contribution in [2.75, 3.05) is 23.9 Å². The van der Waals surface area contributed by atoms with E-state index in [4.69, 9.17) is 5.84 Å². The Morgan fingerprint density at radius 1 is 1.58 bits per heavy atom. The van der Waals surface area contributed by atoms with E-state index in [-0.39, 0.29) is 11.8 Å². The lowest BCUT2D eigenvalue weighted by molar-refractivity contribution is -0.383. The Labute approximate surface area is 111 Å². The third-order valence-corrected chi connectivity index (χ3v) is 3.51. The van der Waals surface area contributed by atoms with Gasteiger partial charge in [-0.25, -0.2) is 0 Å². The molecule has 4 N–H and O–H groups in total. The first kappa shape index (κ1) is 13.6. The molecule has 7 heteroatoms. The SMILES string of the molecule is CN(CC1CC(O)C1)c1cccc(NN)c1[N+](=O)[O-]. The first-order valence-electron chi connectivity index (χ1n) is 6.16. The Kier molecular flexibility index (Phi) is 3.87. The zero-order valence-corrected chi connectivity index (χ0v) is 10.7. The topological polar surface area (TPSA) is 105 Å². The van der Waals surface area contributed by atoms with Crippen molar-refractivity contribution < 1.29 is 10.0 Å². The molecule has 1 saturated carbocycles. The van der Waals surface area contributed by atoms with Crippen LogP contribution < -0.4 is 16.2 Å². The molecule has 0 aliphatic heterocycles. The molecule has 0 bridgehead atoms. The van der Waals surface area contributed by atoms with E-state index >= 15 is 0 Å². The monoisotopic (exact) mass is 266 g/mol. The molecule has 0 spiro atoms. The summed E-state index contributed by atoms with van der Waals surface area (Å²) in [5.74, 6) is 5.69.